The number of aliphatic hydroxyl groups excluding tert-OH is 1. The number of phenolic OH excluding ortho intramolecular Hbond substituents is 1. The van der Waals surface area contributed by atoms with E-state index in [1.807, 2.05) is 36.9 Å². The zero-order valence-corrected chi connectivity index (χ0v) is 26.9. The summed E-state index contributed by atoms with van der Waals surface area (Å²) >= 11 is 0. The summed E-state index contributed by atoms with van der Waals surface area (Å²) in [6.07, 6.45) is 5.41. The zero-order chi connectivity index (χ0) is 32.2. The molecule has 2 aliphatic carbocycles. The maximum Gasteiger partial charge on any atom is 0.319 e. The molecule has 6 fully saturated rings. The number of phenols is 1. The molecule has 47 heavy (non-hydrogen) atoms. The van der Waals surface area contributed by atoms with Crippen LogP contribution >= 0.6 is 0 Å². The summed E-state index contributed by atoms with van der Waals surface area (Å²) in [5.74, 6) is 0.630. The summed E-state index contributed by atoms with van der Waals surface area (Å²) in [6, 6.07) is 9.46. The Labute approximate surface area is 272 Å². The van der Waals surface area contributed by atoms with Gasteiger partial charge >= 0.3 is 6.01 Å². The number of β-amino-alcohol motifs (C(OH)–C–C–N with tert-alkyl or cyclic N) is 1. The van der Waals surface area contributed by atoms with Crippen LogP contribution in [0.25, 0.3) is 32.9 Å². The topological polar surface area (TPSA) is 94.8 Å². The van der Waals surface area contributed by atoms with Crippen LogP contribution < -0.4 is 9.64 Å². The number of rotatable bonds is 6. The number of anilines is 1. The van der Waals surface area contributed by atoms with Crippen LogP contribution in [0.3, 0.4) is 0 Å². The fraction of sp³-hybridized carbons (Fsp3) is 0.541. The first-order valence-electron chi connectivity index (χ1n) is 17.3. The number of aromatic nitrogens is 3. The van der Waals surface area contributed by atoms with Crippen LogP contribution in [0.2, 0.25) is 0 Å². The van der Waals surface area contributed by atoms with Crippen molar-refractivity contribution in [3.63, 3.8) is 0 Å². The number of alkyl halides is 1. The number of hydrogen-bond donors (Lipinski definition) is 2. The van der Waals surface area contributed by atoms with Crippen molar-refractivity contribution in [2.45, 2.75) is 70.7 Å². The van der Waals surface area contributed by atoms with Gasteiger partial charge in [0.1, 0.15) is 28.9 Å². The molecule has 2 aromatic heterocycles. The molecule has 10 heteroatoms. The minimum Gasteiger partial charge on any atom is -0.508 e. The van der Waals surface area contributed by atoms with Crippen LogP contribution in [0.5, 0.6) is 11.8 Å². The highest BCUT2D eigenvalue weighted by molar-refractivity contribution is 6.01. The molecule has 10 rings (SSSR count). The van der Waals surface area contributed by atoms with Crippen molar-refractivity contribution in [3.05, 3.63) is 47.9 Å². The number of benzene rings is 2. The maximum absolute atomic E-state index is 16.9. The van der Waals surface area contributed by atoms with Crippen molar-refractivity contribution in [3.8, 4) is 23.0 Å². The number of halogens is 2. The Kier molecular flexibility index (Phi) is 6.55. The number of hydrogen-bond acceptors (Lipinski definition) is 8. The lowest BCUT2D eigenvalue weighted by Gasteiger charge is -2.60. The first-order chi connectivity index (χ1) is 22.7. The molecule has 6 heterocycles. The molecule has 1 spiro atoms. The summed E-state index contributed by atoms with van der Waals surface area (Å²) < 4.78 is 38.7. The predicted octanol–water partition coefficient (Wildman–Crippen LogP) is 6.05. The second-order valence-electron chi connectivity index (χ2n) is 14.9. The summed E-state index contributed by atoms with van der Waals surface area (Å²) in [5, 5.41) is 23.5. The Morgan fingerprint density at radius 3 is 2.83 bits per heavy atom. The van der Waals surface area contributed by atoms with Gasteiger partial charge in [0.2, 0.25) is 0 Å². The lowest BCUT2D eigenvalue weighted by Crippen LogP contribution is -2.68. The maximum atomic E-state index is 16.9. The average Bonchev–Trinajstić information content (AvgIpc) is 3.76. The summed E-state index contributed by atoms with van der Waals surface area (Å²) in [5.41, 5.74) is 1.52. The SMILES string of the molecule is CCc1cccc2cc(O)cc(-c3ncc4c(N5CCC(C)C(O)C5)nc(OC[C@@]56C[C@@H](F)CN7CCCC58CC8C76)nc4c3F)c12. The van der Waals surface area contributed by atoms with E-state index in [2.05, 4.69) is 9.88 Å². The molecule has 6 aliphatic rings. The van der Waals surface area contributed by atoms with Gasteiger partial charge in [0.25, 0.3) is 0 Å². The van der Waals surface area contributed by atoms with Crippen LogP contribution in [0, 0.1) is 28.5 Å². The Morgan fingerprint density at radius 2 is 2.00 bits per heavy atom. The molecule has 8 nitrogen and oxygen atoms in total. The molecular weight excluding hydrogens is 600 g/mol. The van der Waals surface area contributed by atoms with Gasteiger partial charge in [-0.1, -0.05) is 32.0 Å². The van der Waals surface area contributed by atoms with Crippen LogP contribution in [0.4, 0.5) is 14.6 Å². The highest BCUT2D eigenvalue weighted by atomic mass is 19.1. The van der Waals surface area contributed by atoms with Crippen molar-refractivity contribution < 1.29 is 23.7 Å². The molecule has 246 valence electrons. The van der Waals surface area contributed by atoms with E-state index in [9.17, 15) is 10.2 Å². The van der Waals surface area contributed by atoms with Gasteiger partial charge in [0.15, 0.2) is 5.82 Å². The smallest absolute Gasteiger partial charge is 0.319 e. The predicted molar refractivity (Wildman–Crippen MR) is 176 cm³/mol. The number of nitrogens with zero attached hydrogens (tertiary/aromatic N) is 5. The van der Waals surface area contributed by atoms with Gasteiger partial charge in [-0.2, -0.15) is 9.97 Å². The Bertz CT molecular complexity index is 1920. The number of pyridine rings is 1. The molecule has 2 saturated carbocycles. The van der Waals surface area contributed by atoms with Gasteiger partial charge in [0.05, 0.1) is 18.1 Å². The highest BCUT2D eigenvalue weighted by Gasteiger charge is 2.84. The van der Waals surface area contributed by atoms with Crippen LogP contribution in [-0.2, 0) is 6.42 Å². The molecule has 4 saturated heterocycles. The van der Waals surface area contributed by atoms with E-state index >= 15 is 8.78 Å². The van der Waals surface area contributed by atoms with E-state index in [1.54, 1.807) is 18.3 Å². The Balaban J connectivity index is 1.17. The normalized spacial score (nSPS) is 34.1. The average molecular weight is 642 g/mol. The monoisotopic (exact) mass is 641 g/mol. The van der Waals surface area contributed by atoms with Crippen molar-refractivity contribution in [2.75, 3.05) is 37.7 Å². The molecule has 4 aromatic rings. The molecule has 2 aromatic carbocycles. The number of fused-ring (bicyclic) bond motifs is 4. The van der Waals surface area contributed by atoms with E-state index in [1.165, 1.54) is 0 Å². The van der Waals surface area contributed by atoms with Crippen LogP contribution in [0.1, 0.15) is 51.5 Å². The van der Waals surface area contributed by atoms with Crippen molar-refractivity contribution in [2.24, 2.45) is 22.7 Å². The number of aryl methyl sites for hydroxylation is 1. The van der Waals surface area contributed by atoms with E-state index in [-0.39, 0.29) is 39.7 Å². The Morgan fingerprint density at radius 1 is 1.13 bits per heavy atom. The first kappa shape index (κ1) is 29.5. The van der Waals surface area contributed by atoms with E-state index in [4.69, 9.17) is 14.7 Å². The van der Waals surface area contributed by atoms with Crippen molar-refractivity contribution >= 4 is 27.5 Å². The van der Waals surface area contributed by atoms with Gasteiger partial charge in [0, 0.05) is 42.9 Å². The molecule has 0 radical (unpaired) electrons. The number of aliphatic hydroxyl groups is 1. The quantitative estimate of drug-likeness (QED) is 0.263. The van der Waals surface area contributed by atoms with E-state index < -0.39 is 18.1 Å². The van der Waals surface area contributed by atoms with Gasteiger partial charge in [-0.15, -0.1) is 0 Å². The molecule has 2 N–H and O–H groups in total. The minimum absolute atomic E-state index is 0.0255. The summed E-state index contributed by atoms with van der Waals surface area (Å²) in [7, 11) is 0. The highest BCUT2D eigenvalue weighted by Crippen LogP contribution is 2.83. The van der Waals surface area contributed by atoms with E-state index in [0.29, 0.717) is 61.4 Å². The Hall–Kier alpha value is -3.63. The van der Waals surface area contributed by atoms with Crippen LogP contribution in [-0.4, -0.2) is 81.2 Å². The third kappa shape index (κ3) is 4.19. The number of aromatic hydroxyl groups is 1. The molecule has 4 aliphatic heterocycles. The summed E-state index contributed by atoms with van der Waals surface area (Å²) in [4.78, 5) is 18.5. The van der Waals surface area contributed by atoms with Crippen molar-refractivity contribution in [1.29, 1.82) is 0 Å². The second-order valence-corrected chi connectivity index (χ2v) is 14.9. The zero-order valence-electron chi connectivity index (χ0n) is 26.9. The number of piperidine rings is 2. The minimum atomic E-state index is -0.896. The molecule has 4 bridgehead atoms. The molecule has 0 amide bonds. The third-order valence-corrected chi connectivity index (χ3v) is 12.6. The second kappa shape index (κ2) is 10.4. The van der Waals surface area contributed by atoms with Crippen molar-refractivity contribution in [1.82, 2.24) is 19.9 Å². The van der Waals surface area contributed by atoms with Gasteiger partial charge in [-0.25, -0.2) is 8.78 Å². The van der Waals surface area contributed by atoms with Gasteiger partial charge in [-0.3, -0.25) is 9.88 Å². The lowest BCUT2D eigenvalue weighted by atomic mass is 9.52. The first-order valence-corrected chi connectivity index (χ1v) is 17.3. The van der Waals surface area contributed by atoms with E-state index in [0.717, 1.165) is 55.0 Å². The standard InChI is InChI=1S/C37H41F2N5O3/c1-3-21-6-4-7-22-12-24(45)13-25(29(21)22)31-30(39)32-26(16-40-31)34(44-11-8-20(2)28(46)18-44)42-35(41-32)47-19-37-14-23(38)17-43-10-5-9-36(37)15-27(36)33(37)43/h4,6-7,12-13,16,20,23,27-28,33,45-46H,3,5,8-11,14-15,17-19H2,1-2H3/t20?,23-,27?,28?,33?,36?,37-/m1/s1. The third-order valence-electron chi connectivity index (χ3n) is 12.6. The van der Waals surface area contributed by atoms with Crippen LogP contribution in [0.15, 0.2) is 36.5 Å². The fourth-order valence-electron chi connectivity index (χ4n) is 10.2. The molecular formula is C37H41F2N5O3. The largest absolute Gasteiger partial charge is 0.508 e. The number of ether oxygens (including phenoxy) is 1. The van der Waals surface area contributed by atoms with Gasteiger partial charge in [-0.05, 0) is 90.8 Å². The fourth-order valence-corrected chi connectivity index (χ4v) is 10.2. The molecule has 8 atom stereocenters. The van der Waals surface area contributed by atoms with Gasteiger partial charge < -0.3 is 19.8 Å². The lowest BCUT2D eigenvalue weighted by molar-refractivity contribution is -0.155. The summed E-state index contributed by atoms with van der Waals surface area (Å²) in [6.45, 7) is 6.79. The molecule has 6 unspecified atom stereocenters.